The molecule has 1 rings (SSSR count). The number of aliphatic hydroxyl groups is 1. The Balaban J connectivity index is 2.88. The highest BCUT2D eigenvalue weighted by Crippen LogP contribution is 2.22. The van der Waals surface area contributed by atoms with Gasteiger partial charge >= 0.3 is 5.97 Å². The Kier molecular flexibility index (Phi) is 5.44. The Morgan fingerprint density at radius 1 is 1.61 bits per heavy atom. The number of aliphatic hydroxyl groups excluding tert-OH is 1. The van der Waals surface area contributed by atoms with Crippen molar-refractivity contribution in [2.75, 3.05) is 6.61 Å². The van der Waals surface area contributed by atoms with Crippen LogP contribution in [-0.4, -0.2) is 17.7 Å². The monoisotopic (exact) mass is 316 g/mol. The second-order valence-corrected chi connectivity index (χ2v) is 3.95. The Morgan fingerprint density at radius 3 is 2.89 bits per heavy atom. The maximum atomic E-state index is 13.4. The van der Waals surface area contributed by atoms with E-state index in [2.05, 4.69) is 30.9 Å². The number of esters is 1. The smallest absolute Gasteiger partial charge is 0.362 e. The standard InChI is InChI=1S/C11H10BrFN2O3/c1-2-18-11(17)10(6-16)15-14-9-4-3-7(12)5-8(9)13/h3-6,16H,2H2,1H3/b10-6+,15-14-. The van der Waals surface area contributed by atoms with Crippen LogP contribution in [0.15, 0.2) is 44.9 Å². The molecule has 0 aliphatic rings. The number of rotatable bonds is 4. The van der Waals surface area contributed by atoms with Gasteiger partial charge in [-0.3, -0.25) is 0 Å². The average Bonchev–Trinajstić information content (AvgIpc) is 2.32. The number of carbonyl (C=O) groups excluding carboxylic acids is 1. The summed E-state index contributed by atoms with van der Waals surface area (Å²) in [6.07, 6.45) is 0.457. The summed E-state index contributed by atoms with van der Waals surface area (Å²) in [6.45, 7) is 1.75. The van der Waals surface area contributed by atoms with E-state index in [-0.39, 0.29) is 12.3 Å². The molecule has 0 amide bonds. The molecule has 1 aromatic rings. The van der Waals surface area contributed by atoms with E-state index in [0.717, 1.165) is 0 Å². The van der Waals surface area contributed by atoms with E-state index in [1.54, 1.807) is 13.0 Å². The largest absolute Gasteiger partial charge is 0.513 e. The van der Waals surface area contributed by atoms with Crippen molar-refractivity contribution in [3.8, 4) is 0 Å². The van der Waals surface area contributed by atoms with Gasteiger partial charge in [-0.1, -0.05) is 15.9 Å². The van der Waals surface area contributed by atoms with Gasteiger partial charge in [0.1, 0.15) is 11.9 Å². The molecule has 0 spiro atoms. The first-order valence-corrected chi connectivity index (χ1v) is 5.76. The van der Waals surface area contributed by atoms with E-state index in [4.69, 9.17) is 5.11 Å². The number of hydrogen-bond donors (Lipinski definition) is 1. The molecule has 0 radical (unpaired) electrons. The van der Waals surface area contributed by atoms with E-state index in [0.29, 0.717) is 10.7 Å². The molecule has 0 bridgehead atoms. The fraction of sp³-hybridized carbons (Fsp3) is 0.182. The number of carbonyl (C=O) groups is 1. The number of ether oxygens (including phenoxy) is 1. The summed E-state index contributed by atoms with van der Waals surface area (Å²) in [4.78, 5) is 11.2. The van der Waals surface area contributed by atoms with Crippen molar-refractivity contribution >= 4 is 27.6 Å². The van der Waals surface area contributed by atoms with Crippen molar-refractivity contribution < 1.29 is 19.0 Å². The zero-order valence-electron chi connectivity index (χ0n) is 9.43. The van der Waals surface area contributed by atoms with Crippen molar-refractivity contribution in [2.24, 2.45) is 10.2 Å². The predicted octanol–water partition coefficient (Wildman–Crippen LogP) is 3.63. The molecule has 1 aromatic carbocycles. The molecule has 18 heavy (non-hydrogen) atoms. The van der Waals surface area contributed by atoms with Gasteiger partial charge in [0.25, 0.3) is 0 Å². The molecule has 0 aliphatic heterocycles. The fourth-order valence-electron chi connectivity index (χ4n) is 0.994. The second kappa shape index (κ2) is 6.85. The Hall–Kier alpha value is -1.76. The normalized spacial score (nSPS) is 11.8. The van der Waals surface area contributed by atoms with Crippen molar-refractivity contribution in [1.82, 2.24) is 0 Å². The van der Waals surface area contributed by atoms with Crippen LogP contribution in [0.1, 0.15) is 6.92 Å². The summed E-state index contributed by atoms with van der Waals surface area (Å²) >= 11 is 3.10. The van der Waals surface area contributed by atoms with E-state index in [1.165, 1.54) is 12.1 Å². The van der Waals surface area contributed by atoms with Crippen LogP contribution in [0.2, 0.25) is 0 Å². The van der Waals surface area contributed by atoms with Crippen LogP contribution in [0.25, 0.3) is 0 Å². The molecular weight excluding hydrogens is 307 g/mol. The van der Waals surface area contributed by atoms with E-state index in [1.807, 2.05) is 0 Å². The fourth-order valence-corrected chi connectivity index (χ4v) is 1.33. The third kappa shape index (κ3) is 3.92. The first-order chi connectivity index (χ1) is 8.58. The number of hydrogen-bond acceptors (Lipinski definition) is 5. The molecule has 0 fully saturated rings. The molecule has 0 heterocycles. The zero-order chi connectivity index (χ0) is 13.5. The van der Waals surface area contributed by atoms with E-state index >= 15 is 0 Å². The van der Waals surface area contributed by atoms with Crippen molar-refractivity contribution in [3.63, 3.8) is 0 Å². The first-order valence-electron chi connectivity index (χ1n) is 4.96. The summed E-state index contributed by atoms with van der Waals surface area (Å²) < 4.78 is 18.5. The quantitative estimate of drug-likeness (QED) is 0.399. The third-order valence-electron chi connectivity index (χ3n) is 1.78. The maximum Gasteiger partial charge on any atom is 0.362 e. The van der Waals surface area contributed by atoms with Gasteiger partial charge in [0.2, 0.25) is 5.70 Å². The molecule has 0 atom stereocenters. The first kappa shape index (κ1) is 14.3. The van der Waals surface area contributed by atoms with Crippen LogP contribution in [0, 0.1) is 5.82 Å². The molecule has 0 saturated carbocycles. The van der Waals surface area contributed by atoms with Gasteiger partial charge in [0.05, 0.1) is 6.61 Å². The topological polar surface area (TPSA) is 71.2 Å². The van der Waals surface area contributed by atoms with Crippen LogP contribution in [-0.2, 0) is 9.53 Å². The lowest BCUT2D eigenvalue weighted by Crippen LogP contribution is -2.05. The van der Waals surface area contributed by atoms with Gasteiger partial charge in [-0.15, -0.1) is 10.2 Å². The number of azo groups is 1. The third-order valence-corrected chi connectivity index (χ3v) is 2.28. The molecule has 7 heteroatoms. The lowest BCUT2D eigenvalue weighted by Gasteiger charge is -2.00. The molecule has 5 nitrogen and oxygen atoms in total. The highest BCUT2D eigenvalue weighted by atomic mass is 79.9. The average molecular weight is 317 g/mol. The summed E-state index contributed by atoms with van der Waals surface area (Å²) in [6, 6.07) is 4.16. The van der Waals surface area contributed by atoms with Crippen LogP contribution >= 0.6 is 15.9 Å². The van der Waals surface area contributed by atoms with Crippen molar-refractivity contribution in [1.29, 1.82) is 0 Å². The number of benzene rings is 1. The Bertz CT molecular complexity index is 503. The van der Waals surface area contributed by atoms with Crippen LogP contribution in [0.3, 0.4) is 0 Å². The SMILES string of the molecule is CCOC(=O)C(=C\O)/N=N\c1ccc(Br)cc1F. The van der Waals surface area contributed by atoms with Gasteiger partial charge in [-0.2, -0.15) is 0 Å². The van der Waals surface area contributed by atoms with Gasteiger partial charge in [0.15, 0.2) is 5.82 Å². The Labute approximate surface area is 111 Å². The molecule has 0 unspecified atom stereocenters. The van der Waals surface area contributed by atoms with Crippen LogP contribution in [0.5, 0.6) is 0 Å². The van der Waals surface area contributed by atoms with Crippen molar-refractivity contribution in [2.45, 2.75) is 6.92 Å². The molecule has 0 saturated heterocycles. The molecule has 1 N–H and O–H groups in total. The van der Waals surface area contributed by atoms with Gasteiger partial charge in [-0.05, 0) is 25.1 Å². The summed E-state index contributed by atoms with van der Waals surface area (Å²) in [7, 11) is 0. The minimum Gasteiger partial charge on any atom is -0.513 e. The lowest BCUT2D eigenvalue weighted by molar-refractivity contribution is -0.138. The van der Waals surface area contributed by atoms with Gasteiger partial charge in [-0.25, -0.2) is 9.18 Å². The minimum absolute atomic E-state index is 0.0538. The summed E-state index contributed by atoms with van der Waals surface area (Å²) in [5.74, 6) is -1.43. The highest BCUT2D eigenvalue weighted by Gasteiger charge is 2.10. The summed E-state index contributed by atoms with van der Waals surface area (Å²) in [5, 5.41) is 15.7. The molecule has 96 valence electrons. The zero-order valence-corrected chi connectivity index (χ0v) is 11.0. The van der Waals surface area contributed by atoms with Crippen LogP contribution < -0.4 is 0 Å². The highest BCUT2D eigenvalue weighted by molar-refractivity contribution is 9.10. The lowest BCUT2D eigenvalue weighted by atomic mass is 10.3. The second-order valence-electron chi connectivity index (χ2n) is 3.03. The Morgan fingerprint density at radius 2 is 2.33 bits per heavy atom. The molecular formula is C11H10BrFN2O3. The predicted molar refractivity (Wildman–Crippen MR) is 66.0 cm³/mol. The molecule has 0 aromatic heterocycles. The van der Waals surface area contributed by atoms with E-state index in [9.17, 15) is 9.18 Å². The van der Waals surface area contributed by atoms with Crippen molar-refractivity contribution in [3.05, 3.63) is 40.4 Å². The summed E-state index contributed by atoms with van der Waals surface area (Å²) in [5.41, 5.74) is -0.457. The number of nitrogens with zero attached hydrogens (tertiary/aromatic N) is 2. The maximum absolute atomic E-state index is 13.4. The number of halogens is 2. The molecule has 0 aliphatic carbocycles. The van der Waals surface area contributed by atoms with Crippen LogP contribution in [0.4, 0.5) is 10.1 Å². The van der Waals surface area contributed by atoms with E-state index < -0.39 is 17.5 Å². The van der Waals surface area contributed by atoms with Gasteiger partial charge < -0.3 is 9.84 Å². The van der Waals surface area contributed by atoms with Gasteiger partial charge in [0, 0.05) is 4.47 Å². The minimum atomic E-state index is -0.832.